The van der Waals surface area contributed by atoms with E-state index in [0.29, 0.717) is 35.5 Å². The maximum Gasteiger partial charge on any atom is 0.228 e. The summed E-state index contributed by atoms with van der Waals surface area (Å²) in [5.74, 6) is 2.31. The first-order valence-electron chi connectivity index (χ1n) is 16.2. The monoisotopic (exact) mass is 636 g/mol. The van der Waals surface area contributed by atoms with E-state index >= 15 is 0 Å². The molecule has 8 heteroatoms. The van der Waals surface area contributed by atoms with Crippen LogP contribution in [0.3, 0.4) is 0 Å². The smallest absolute Gasteiger partial charge is 0.228 e. The summed E-state index contributed by atoms with van der Waals surface area (Å²) in [6.07, 6.45) is 4.15. The number of benzene rings is 3. The van der Waals surface area contributed by atoms with Crippen molar-refractivity contribution >= 4 is 28.2 Å². The van der Waals surface area contributed by atoms with Crippen molar-refractivity contribution in [2.75, 3.05) is 10.6 Å². The van der Waals surface area contributed by atoms with Gasteiger partial charge in [-0.15, -0.1) is 10.2 Å². The molecule has 0 bridgehead atoms. The third-order valence-electron chi connectivity index (χ3n) is 9.03. The normalized spacial score (nSPS) is 12.1. The molecule has 0 spiro atoms. The van der Waals surface area contributed by atoms with E-state index < -0.39 is 0 Å². The van der Waals surface area contributed by atoms with E-state index in [0.717, 1.165) is 33.3 Å². The summed E-state index contributed by atoms with van der Waals surface area (Å²) in [6.45, 7) is 17.7. The van der Waals surface area contributed by atoms with Crippen molar-refractivity contribution in [1.29, 1.82) is 0 Å². The van der Waals surface area contributed by atoms with Crippen molar-refractivity contribution < 1.29 is 4.74 Å². The van der Waals surface area contributed by atoms with Gasteiger partial charge < -0.3 is 15.4 Å². The Hall–Kier alpha value is -5.37. The molecule has 0 saturated carbocycles. The molecule has 0 atom stereocenters. The second-order valence-electron chi connectivity index (χ2n) is 14.0. The molecule has 3 aromatic heterocycles. The van der Waals surface area contributed by atoms with Gasteiger partial charge in [-0.3, -0.25) is 0 Å². The molecule has 3 heterocycles. The minimum absolute atomic E-state index is 0.110. The molecule has 8 nitrogen and oxygen atoms in total. The van der Waals surface area contributed by atoms with Gasteiger partial charge in [-0.2, -0.15) is 0 Å². The molecule has 243 valence electrons. The van der Waals surface area contributed by atoms with E-state index in [1.807, 2.05) is 84.9 Å². The van der Waals surface area contributed by atoms with Crippen LogP contribution in [0.15, 0.2) is 109 Å². The van der Waals surface area contributed by atoms with Crippen LogP contribution in [0.5, 0.6) is 11.6 Å². The topological polar surface area (TPSA) is 97.7 Å². The van der Waals surface area contributed by atoms with Gasteiger partial charge in [-0.25, -0.2) is 15.0 Å². The summed E-state index contributed by atoms with van der Waals surface area (Å²) in [7, 11) is 0. The predicted molar refractivity (Wildman–Crippen MR) is 195 cm³/mol. The summed E-state index contributed by atoms with van der Waals surface area (Å²) >= 11 is 0. The number of hydrogen-bond donors (Lipinski definition) is 2. The van der Waals surface area contributed by atoms with Crippen molar-refractivity contribution in [3.05, 3.63) is 116 Å². The van der Waals surface area contributed by atoms with Crippen LogP contribution in [0.25, 0.3) is 33.3 Å². The van der Waals surface area contributed by atoms with Crippen LogP contribution in [0.1, 0.15) is 48.0 Å². The fraction of sp³-hybridized carbons (Fsp3) is 0.250. The van der Waals surface area contributed by atoms with Crippen LogP contribution in [0.4, 0.5) is 17.5 Å². The van der Waals surface area contributed by atoms with Crippen molar-refractivity contribution in [3.63, 3.8) is 0 Å². The lowest BCUT2D eigenvalue weighted by Gasteiger charge is -2.53. The van der Waals surface area contributed by atoms with E-state index in [2.05, 4.69) is 91.4 Å². The quantitative estimate of drug-likeness (QED) is 0.162. The molecule has 2 N–H and O–H groups in total. The van der Waals surface area contributed by atoms with E-state index in [1.54, 1.807) is 12.4 Å². The Morgan fingerprint density at radius 3 is 2.06 bits per heavy atom. The van der Waals surface area contributed by atoms with E-state index in [1.165, 1.54) is 0 Å². The van der Waals surface area contributed by atoms with Crippen LogP contribution < -0.4 is 15.4 Å². The average molecular weight is 637 g/mol. The molecule has 0 saturated heterocycles. The number of fused-ring (bicyclic) bond motifs is 1. The van der Waals surface area contributed by atoms with Gasteiger partial charge in [-0.1, -0.05) is 103 Å². The summed E-state index contributed by atoms with van der Waals surface area (Å²) in [4.78, 5) is 14.1. The number of rotatable bonds is 9. The highest BCUT2D eigenvalue weighted by atomic mass is 16.5. The molecule has 1 radical (unpaired) electrons. The van der Waals surface area contributed by atoms with Gasteiger partial charge >= 0.3 is 0 Å². The van der Waals surface area contributed by atoms with Gasteiger partial charge in [0.05, 0.1) is 11.3 Å². The van der Waals surface area contributed by atoms with Crippen LogP contribution in [-0.4, -0.2) is 30.7 Å². The summed E-state index contributed by atoms with van der Waals surface area (Å²) in [5, 5.41) is 18.3. The predicted octanol–water partition coefficient (Wildman–Crippen LogP) is 10.2. The zero-order chi connectivity index (χ0) is 33.9. The minimum Gasteiger partial charge on any atom is -0.438 e. The van der Waals surface area contributed by atoms with Gasteiger partial charge in [0, 0.05) is 40.0 Å². The van der Waals surface area contributed by atoms with Gasteiger partial charge in [0.15, 0.2) is 5.82 Å². The zero-order valence-corrected chi connectivity index (χ0v) is 28.5. The number of pyridine rings is 1. The molecular weight excluding hydrogens is 594 g/mol. The van der Waals surface area contributed by atoms with Crippen LogP contribution in [0.2, 0.25) is 0 Å². The SMILES string of the molecule is [CH2]CC(Nc1nccc(-c2cccnc2Oc2ccc(Nc3nnc(-c4ccccc4)c4ccccc34)cc2)n1)(C(C)(C)C)C(C)(C)C. The summed E-state index contributed by atoms with van der Waals surface area (Å²) in [5.41, 5.74) is 3.62. The second kappa shape index (κ2) is 13.0. The van der Waals surface area contributed by atoms with Gasteiger partial charge in [0.25, 0.3) is 0 Å². The number of ether oxygens (including phenoxy) is 1. The summed E-state index contributed by atoms with van der Waals surface area (Å²) < 4.78 is 6.32. The first-order valence-corrected chi connectivity index (χ1v) is 16.2. The van der Waals surface area contributed by atoms with Crippen molar-refractivity contribution in [1.82, 2.24) is 25.1 Å². The van der Waals surface area contributed by atoms with Gasteiger partial charge in [0.2, 0.25) is 11.8 Å². The maximum absolute atomic E-state index is 6.32. The van der Waals surface area contributed by atoms with E-state index in [9.17, 15) is 0 Å². The van der Waals surface area contributed by atoms with Gasteiger partial charge in [0.1, 0.15) is 11.4 Å². The molecule has 48 heavy (non-hydrogen) atoms. The third-order valence-corrected chi connectivity index (χ3v) is 9.03. The van der Waals surface area contributed by atoms with Crippen LogP contribution in [-0.2, 0) is 0 Å². The first kappa shape index (κ1) is 32.6. The number of nitrogens with zero attached hydrogens (tertiary/aromatic N) is 5. The highest BCUT2D eigenvalue weighted by Gasteiger charge is 2.49. The minimum atomic E-state index is -0.357. The molecule has 3 aromatic carbocycles. The van der Waals surface area contributed by atoms with Crippen molar-refractivity contribution in [2.45, 2.75) is 53.5 Å². The summed E-state index contributed by atoms with van der Waals surface area (Å²) in [6, 6.07) is 31.7. The Balaban J connectivity index is 1.23. The fourth-order valence-electron chi connectivity index (χ4n) is 6.60. The lowest BCUT2D eigenvalue weighted by molar-refractivity contribution is 0.0817. The highest BCUT2D eigenvalue weighted by molar-refractivity contribution is 6.00. The third kappa shape index (κ3) is 6.43. The first-order chi connectivity index (χ1) is 23.0. The number of hydrogen-bond acceptors (Lipinski definition) is 8. The highest BCUT2D eigenvalue weighted by Crippen LogP contribution is 2.48. The number of anilines is 3. The molecule has 0 amide bonds. The Labute approximate surface area is 283 Å². The molecule has 0 unspecified atom stereocenters. The Morgan fingerprint density at radius 2 is 1.38 bits per heavy atom. The second-order valence-corrected chi connectivity index (χ2v) is 14.0. The standard InChI is InChI=1S/C40H42N7O/c1-8-40(38(2,3)4,39(5,6)7)45-37-42-26-24-33(44-37)32-19-14-25-41-36(32)48-29-22-20-28(21-23-29)43-35-31-18-13-12-17-30(31)34(46-47-35)27-15-10-9-11-16-27/h9-26H,1,8H2,2-7H3,(H,43,47)(H,42,44,45). The molecule has 0 aliphatic heterocycles. The van der Waals surface area contributed by atoms with Crippen LogP contribution in [0, 0.1) is 17.8 Å². The van der Waals surface area contributed by atoms with E-state index in [-0.39, 0.29) is 16.4 Å². The lowest BCUT2D eigenvalue weighted by Crippen LogP contribution is -2.58. The Morgan fingerprint density at radius 1 is 0.688 bits per heavy atom. The molecule has 0 aliphatic carbocycles. The van der Waals surface area contributed by atoms with Crippen LogP contribution >= 0.6 is 0 Å². The average Bonchev–Trinajstić information content (AvgIpc) is 3.08. The molecule has 6 rings (SSSR count). The molecular formula is C40H42N7O. The van der Waals surface area contributed by atoms with Crippen molar-refractivity contribution in [3.8, 4) is 34.1 Å². The fourth-order valence-corrected chi connectivity index (χ4v) is 6.60. The van der Waals surface area contributed by atoms with E-state index in [4.69, 9.17) is 9.72 Å². The lowest BCUT2D eigenvalue weighted by atomic mass is 9.59. The molecule has 0 aliphatic rings. The maximum atomic E-state index is 6.32. The largest absolute Gasteiger partial charge is 0.438 e. The number of nitrogens with one attached hydrogen (secondary N) is 2. The zero-order valence-electron chi connectivity index (χ0n) is 28.5. The van der Waals surface area contributed by atoms with Gasteiger partial charge in [-0.05, 0) is 59.7 Å². The number of aromatic nitrogens is 5. The molecule has 0 fully saturated rings. The Kier molecular flexibility index (Phi) is 8.84. The Bertz CT molecular complexity index is 2000. The van der Waals surface area contributed by atoms with Crippen molar-refractivity contribution in [2.24, 2.45) is 10.8 Å². The molecule has 6 aromatic rings.